The normalized spacial score (nSPS) is 24.8. The lowest BCUT2D eigenvalue weighted by molar-refractivity contribution is -0.146. The highest BCUT2D eigenvalue weighted by Gasteiger charge is 2.69. The monoisotopic (exact) mass is 459 g/mol. The Labute approximate surface area is 198 Å². The molecule has 0 bridgehead atoms. The van der Waals surface area contributed by atoms with Gasteiger partial charge in [0.15, 0.2) is 0 Å². The van der Waals surface area contributed by atoms with E-state index in [0.717, 1.165) is 0 Å². The molecule has 1 aliphatic carbocycles. The second-order valence-electron chi connectivity index (χ2n) is 11.1. The van der Waals surface area contributed by atoms with Crippen LogP contribution < -0.4 is 10.6 Å². The Morgan fingerprint density at radius 3 is 2.27 bits per heavy atom. The highest BCUT2D eigenvalue weighted by atomic mass is 16.2. The summed E-state index contributed by atoms with van der Waals surface area (Å²) in [6.45, 7) is 20.3. The molecule has 7 heteroatoms. The van der Waals surface area contributed by atoms with Gasteiger partial charge < -0.3 is 15.5 Å². The van der Waals surface area contributed by atoms with E-state index < -0.39 is 23.8 Å². The lowest BCUT2D eigenvalue weighted by Gasteiger charge is -2.36. The van der Waals surface area contributed by atoms with Crippen LogP contribution in [0.5, 0.6) is 0 Å². The third-order valence-corrected chi connectivity index (χ3v) is 7.58. The lowest BCUT2D eigenvalue weighted by Crippen LogP contribution is -2.56. The van der Waals surface area contributed by atoms with Crippen LogP contribution in [0.2, 0.25) is 0 Å². The molecule has 2 N–H and O–H groups in total. The number of carbonyl (C=O) groups excluding carboxylic acids is 4. The van der Waals surface area contributed by atoms with Crippen molar-refractivity contribution in [2.24, 2.45) is 28.6 Å². The average molecular weight is 460 g/mol. The van der Waals surface area contributed by atoms with E-state index in [1.54, 1.807) is 17.1 Å². The number of fused-ring (bicyclic) bond motifs is 1. The summed E-state index contributed by atoms with van der Waals surface area (Å²) in [5.41, 5.74) is -0.265. The molecule has 1 saturated heterocycles. The van der Waals surface area contributed by atoms with Crippen molar-refractivity contribution < 1.29 is 19.2 Å². The van der Waals surface area contributed by atoms with Crippen LogP contribution in [-0.2, 0) is 19.2 Å². The van der Waals surface area contributed by atoms with Crippen molar-refractivity contribution in [2.45, 2.75) is 72.9 Å². The topological polar surface area (TPSA) is 95.6 Å². The van der Waals surface area contributed by atoms with E-state index in [2.05, 4.69) is 37.6 Å². The summed E-state index contributed by atoms with van der Waals surface area (Å²) in [5, 5.41) is 5.38. The first-order chi connectivity index (χ1) is 15.3. The SMILES string of the molecule is C=CCCNC(=O)C(=O)C(CCC=C)NC(=O)[C@@H]1[C@@H]2[C@H](CN1C(=O)[C@@H](C)C(C)(C)C)C2(C)C. The summed E-state index contributed by atoms with van der Waals surface area (Å²) < 4.78 is 0. The summed E-state index contributed by atoms with van der Waals surface area (Å²) >= 11 is 0. The first kappa shape index (κ1) is 26.8. The Morgan fingerprint density at radius 2 is 1.73 bits per heavy atom. The number of Topliss-reactive ketones (excluding diaryl/α,β-unsaturated/α-hetero) is 1. The Kier molecular flexibility index (Phi) is 8.31. The first-order valence-corrected chi connectivity index (χ1v) is 11.9. The number of nitrogens with one attached hydrogen (secondary N) is 2. The summed E-state index contributed by atoms with van der Waals surface area (Å²) in [7, 11) is 0. The molecule has 5 atom stereocenters. The van der Waals surface area contributed by atoms with Gasteiger partial charge >= 0.3 is 0 Å². The molecule has 184 valence electrons. The van der Waals surface area contributed by atoms with E-state index in [9.17, 15) is 19.2 Å². The molecule has 0 aromatic carbocycles. The summed E-state index contributed by atoms with van der Waals surface area (Å²) in [5.74, 6) is -1.75. The van der Waals surface area contributed by atoms with Gasteiger partial charge in [-0.2, -0.15) is 0 Å². The summed E-state index contributed by atoms with van der Waals surface area (Å²) in [6, 6.07) is -1.60. The van der Waals surface area contributed by atoms with E-state index in [0.29, 0.717) is 25.9 Å². The van der Waals surface area contributed by atoms with Crippen LogP contribution in [0.25, 0.3) is 0 Å². The Bertz CT molecular complexity index is 811. The van der Waals surface area contributed by atoms with Crippen molar-refractivity contribution in [1.82, 2.24) is 15.5 Å². The molecule has 1 saturated carbocycles. The van der Waals surface area contributed by atoms with Crippen molar-refractivity contribution in [2.75, 3.05) is 13.1 Å². The molecule has 2 fully saturated rings. The zero-order valence-corrected chi connectivity index (χ0v) is 21.1. The number of ketones is 1. The van der Waals surface area contributed by atoms with Crippen LogP contribution in [0.3, 0.4) is 0 Å². The van der Waals surface area contributed by atoms with Crippen LogP contribution in [0.4, 0.5) is 0 Å². The second-order valence-corrected chi connectivity index (χ2v) is 11.1. The first-order valence-electron chi connectivity index (χ1n) is 11.9. The van der Waals surface area contributed by atoms with Gasteiger partial charge in [-0.15, -0.1) is 13.2 Å². The van der Waals surface area contributed by atoms with E-state index in [1.165, 1.54) is 0 Å². The van der Waals surface area contributed by atoms with Gasteiger partial charge in [-0.3, -0.25) is 19.2 Å². The molecule has 3 amide bonds. The van der Waals surface area contributed by atoms with Crippen molar-refractivity contribution in [3.05, 3.63) is 25.3 Å². The maximum atomic E-state index is 13.5. The highest BCUT2D eigenvalue weighted by Crippen LogP contribution is 2.65. The molecule has 7 nitrogen and oxygen atoms in total. The predicted octanol–water partition coefficient (Wildman–Crippen LogP) is 2.86. The van der Waals surface area contributed by atoms with Gasteiger partial charge in [0.05, 0.1) is 6.04 Å². The van der Waals surface area contributed by atoms with E-state index in [4.69, 9.17) is 0 Å². The van der Waals surface area contributed by atoms with Crippen LogP contribution in [0.15, 0.2) is 25.3 Å². The number of allylic oxidation sites excluding steroid dienone is 1. The molecule has 0 aromatic rings. The largest absolute Gasteiger partial charge is 0.349 e. The second kappa shape index (κ2) is 10.2. The third-order valence-electron chi connectivity index (χ3n) is 7.58. The Balaban J connectivity index is 2.21. The smallest absolute Gasteiger partial charge is 0.289 e. The van der Waals surface area contributed by atoms with Crippen molar-refractivity contribution in [3.8, 4) is 0 Å². The predicted molar refractivity (Wildman–Crippen MR) is 129 cm³/mol. The van der Waals surface area contributed by atoms with Gasteiger partial charge in [-0.1, -0.05) is 53.7 Å². The number of likely N-dealkylation sites (tertiary alicyclic amines) is 1. The van der Waals surface area contributed by atoms with Gasteiger partial charge in [0.25, 0.3) is 5.91 Å². The maximum absolute atomic E-state index is 13.5. The third kappa shape index (κ3) is 5.74. The van der Waals surface area contributed by atoms with E-state index >= 15 is 0 Å². The van der Waals surface area contributed by atoms with E-state index in [-0.39, 0.29) is 46.8 Å². The van der Waals surface area contributed by atoms with Gasteiger partial charge in [-0.05, 0) is 41.9 Å². The number of piperidine rings is 1. The van der Waals surface area contributed by atoms with Gasteiger partial charge in [0.2, 0.25) is 17.6 Å². The fourth-order valence-electron chi connectivity index (χ4n) is 4.78. The van der Waals surface area contributed by atoms with Crippen LogP contribution in [0, 0.1) is 28.6 Å². The molecule has 1 aliphatic heterocycles. The fourth-order valence-corrected chi connectivity index (χ4v) is 4.78. The molecule has 2 aliphatic rings. The molecular weight excluding hydrogens is 418 g/mol. The summed E-state index contributed by atoms with van der Waals surface area (Å²) in [6.07, 6.45) is 4.60. The fraction of sp³-hybridized carbons (Fsp3) is 0.692. The van der Waals surface area contributed by atoms with Gasteiger partial charge in [-0.25, -0.2) is 0 Å². The van der Waals surface area contributed by atoms with Gasteiger partial charge in [0.1, 0.15) is 6.04 Å². The van der Waals surface area contributed by atoms with Crippen molar-refractivity contribution in [3.63, 3.8) is 0 Å². The van der Waals surface area contributed by atoms with Crippen LogP contribution in [0.1, 0.15) is 60.8 Å². The molecule has 2 rings (SSSR count). The minimum Gasteiger partial charge on any atom is -0.349 e. The lowest BCUT2D eigenvalue weighted by atomic mass is 9.81. The maximum Gasteiger partial charge on any atom is 0.289 e. The van der Waals surface area contributed by atoms with Gasteiger partial charge in [0, 0.05) is 19.0 Å². The highest BCUT2D eigenvalue weighted by molar-refractivity contribution is 6.38. The number of amides is 3. The molecule has 33 heavy (non-hydrogen) atoms. The van der Waals surface area contributed by atoms with Crippen LogP contribution in [-0.4, -0.2) is 53.6 Å². The summed E-state index contributed by atoms with van der Waals surface area (Å²) in [4.78, 5) is 53.7. The zero-order valence-electron chi connectivity index (χ0n) is 21.1. The standard InChI is InChI=1S/C26H41N3O4/c1-9-11-13-18(21(30)23(32)27-14-12-10-2)28-22(31)20-19-17(26(19,7)8)15-29(20)24(33)16(3)25(4,5)6/h9-10,16-20H,1-2,11-15H2,3-8H3,(H,27,32)(H,28,31)/t16-,17+,18?,19+,20+/m1/s1. The molecule has 0 spiro atoms. The van der Waals surface area contributed by atoms with Crippen LogP contribution >= 0.6 is 0 Å². The quantitative estimate of drug-likeness (QED) is 0.282. The zero-order chi connectivity index (χ0) is 25.1. The average Bonchev–Trinajstić information content (AvgIpc) is 3.08. The number of nitrogens with zero attached hydrogens (tertiary/aromatic N) is 1. The van der Waals surface area contributed by atoms with Crippen molar-refractivity contribution in [1.29, 1.82) is 0 Å². The number of hydrogen-bond donors (Lipinski definition) is 2. The molecule has 0 aromatic heterocycles. The number of carbonyl (C=O) groups is 4. The molecule has 1 heterocycles. The number of hydrogen-bond acceptors (Lipinski definition) is 4. The minimum atomic E-state index is -0.961. The Hall–Kier alpha value is -2.44. The Morgan fingerprint density at radius 1 is 1.12 bits per heavy atom. The molecular formula is C26H41N3O4. The number of rotatable bonds is 11. The van der Waals surface area contributed by atoms with E-state index in [1.807, 2.05) is 27.7 Å². The minimum absolute atomic E-state index is 0.0353. The van der Waals surface area contributed by atoms with Crippen molar-refractivity contribution >= 4 is 23.5 Å². The molecule has 1 unspecified atom stereocenters. The molecule has 0 radical (unpaired) electrons.